The molecule has 0 aliphatic heterocycles. The van der Waals surface area contributed by atoms with Gasteiger partial charge in [0, 0.05) is 30.4 Å². The lowest BCUT2D eigenvalue weighted by Crippen LogP contribution is -2.29. The van der Waals surface area contributed by atoms with Crippen LogP contribution in [0.3, 0.4) is 0 Å². The number of hydrogen-bond donors (Lipinski definition) is 2. The van der Waals surface area contributed by atoms with Crippen molar-refractivity contribution in [1.82, 2.24) is 14.3 Å². The Bertz CT molecular complexity index is 1280. The maximum atomic E-state index is 15.8. The molecule has 0 aromatic carbocycles. The Morgan fingerprint density at radius 1 is 1.30 bits per heavy atom. The highest BCUT2D eigenvalue weighted by Crippen LogP contribution is 2.42. The maximum Gasteiger partial charge on any atom is 0.407 e. The minimum absolute atomic E-state index is 0.0361. The summed E-state index contributed by atoms with van der Waals surface area (Å²) in [7, 11) is -3.27. The highest BCUT2D eigenvalue weighted by atomic mass is 32.2. The van der Waals surface area contributed by atoms with E-state index in [-0.39, 0.29) is 11.3 Å². The van der Waals surface area contributed by atoms with E-state index in [2.05, 4.69) is 10.3 Å². The standard InChI is InChI=1S/C21H23F2N3O6S/c1-21(2,3)18(32-20(28)24-4)14-10-26(33(29,30)15-8-7-12(11-27)31-15)17(16(14)22)13-6-5-9-25-19(13)23/h5-10,18,27H,11H2,1-4H3,(H,24,28). The van der Waals surface area contributed by atoms with E-state index in [4.69, 9.17) is 9.15 Å². The van der Waals surface area contributed by atoms with Crippen molar-refractivity contribution in [2.45, 2.75) is 38.6 Å². The van der Waals surface area contributed by atoms with Gasteiger partial charge in [0.1, 0.15) is 24.2 Å². The molecule has 3 rings (SSSR count). The number of nitrogens with one attached hydrogen (secondary N) is 1. The van der Waals surface area contributed by atoms with Crippen LogP contribution >= 0.6 is 0 Å². The number of aliphatic hydroxyl groups excluding tert-OH is 1. The summed E-state index contributed by atoms with van der Waals surface area (Å²) >= 11 is 0. The summed E-state index contributed by atoms with van der Waals surface area (Å²) < 4.78 is 68.1. The van der Waals surface area contributed by atoms with Gasteiger partial charge in [-0.15, -0.1) is 0 Å². The van der Waals surface area contributed by atoms with E-state index < -0.39 is 62.4 Å². The van der Waals surface area contributed by atoms with E-state index in [9.17, 15) is 22.7 Å². The van der Waals surface area contributed by atoms with Gasteiger partial charge in [-0.25, -0.2) is 18.1 Å². The average Bonchev–Trinajstić information content (AvgIpc) is 3.37. The SMILES string of the molecule is CNC(=O)OC(c1cn(S(=O)(=O)c2ccc(CO)o2)c(-c2cccnc2F)c1F)C(C)(C)C. The lowest BCUT2D eigenvalue weighted by atomic mass is 9.85. The summed E-state index contributed by atoms with van der Waals surface area (Å²) in [5.41, 5.74) is -2.23. The molecule has 9 nitrogen and oxygen atoms in total. The van der Waals surface area contributed by atoms with Crippen molar-refractivity contribution in [3.63, 3.8) is 0 Å². The molecule has 1 amide bonds. The normalized spacial score (nSPS) is 13.1. The van der Waals surface area contributed by atoms with Crippen LogP contribution in [0, 0.1) is 17.2 Å². The third-order valence-electron chi connectivity index (χ3n) is 4.76. The summed E-state index contributed by atoms with van der Waals surface area (Å²) in [6.45, 7) is 4.43. The van der Waals surface area contributed by atoms with Crippen LogP contribution in [0.25, 0.3) is 11.3 Å². The predicted molar refractivity (Wildman–Crippen MR) is 113 cm³/mol. The van der Waals surface area contributed by atoms with Crippen molar-refractivity contribution in [1.29, 1.82) is 0 Å². The molecule has 12 heteroatoms. The molecule has 3 aromatic rings. The first-order valence-electron chi connectivity index (χ1n) is 9.77. The van der Waals surface area contributed by atoms with E-state index in [0.29, 0.717) is 3.97 Å². The summed E-state index contributed by atoms with van der Waals surface area (Å²) in [6.07, 6.45) is -0.0480. The maximum absolute atomic E-state index is 15.8. The lowest BCUT2D eigenvalue weighted by Gasteiger charge is -2.29. The van der Waals surface area contributed by atoms with Crippen LogP contribution in [0.5, 0.6) is 0 Å². The Labute approximate surface area is 189 Å². The summed E-state index contributed by atoms with van der Waals surface area (Å²) in [6, 6.07) is 4.82. The van der Waals surface area contributed by atoms with Crippen LogP contribution in [0.4, 0.5) is 13.6 Å². The van der Waals surface area contributed by atoms with Gasteiger partial charge in [-0.05, 0) is 24.3 Å². The number of furan rings is 1. The van der Waals surface area contributed by atoms with Gasteiger partial charge in [-0.3, -0.25) is 0 Å². The second kappa shape index (κ2) is 8.94. The second-order valence-electron chi connectivity index (χ2n) is 8.17. The highest BCUT2D eigenvalue weighted by Gasteiger charge is 2.38. The van der Waals surface area contributed by atoms with Crippen molar-refractivity contribution >= 4 is 16.1 Å². The molecule has 33 heavy (non-hydrogen) atoms. The number of carbonyl (C=O) groups excluding carboxylic acids is 1. The number of hydrogen-bond acceptors (Lipinski definition) is 7. The molecule has 1 atom stereocenters. The number of aromatic nitrogens is 2. The first-order chi connectivity index (χ1) is 15.4. The fourth-order valence-corrected chi connectivity index (χ4v) is 4.52. The van der Waals surface area contributed by atoms with Crippen molar-refractivity contribution in [3.05, 3.63) is 59.7 Å². The molecule has 0 saturated carbocycles. The van der Waals surface area contributed by atoms with Crippen LogP contribution in [0.2, 0.25) is 0 Å². The van der Waals surface area contributed by atoms with Crippen molar-refractivity contribution < 1.29 is 36.3 Å². The molecule has 0 aliphatic carbocycles. The van der Waals surface area contributed by atoms with E-state index >= 15 is 4.39 Å². The third kappa shape index (κ3) is 4.62. The zero-order chi connectivity index (χ0) is 24.6. The lowest BCUT2D eigenvalue weighted by molar-refractivity contribution is 0.0294. The largest absolute Gasteiger partial charge is 0.445 e. The number of pyridine rings is 1. The summed E-state index contributed by atoms with van der Waals surface area (Å²) in [5.74, 6) is -2.25. The van der Waals surface area contributed by atoms with Gasteiger partial charge >= 0.3 is 16.1 Å². The summed E-state index contributed by atoms with van der Waals surface area (Å²) in [4.78, 5) is 15.4. The van der Waals surface area contributed by atoms with E-state index in [1.165, 1.54) is 25.2 Å². The van der Waals surface area contributed by atoms with E-state index in [0.717, 1.165) is 18.5 Å². The molecule has 0 radical (unpaired) electrons. The fourth-order valence-electron chi connectivity index (χ4n) is 3.20. The van der Waals surface area contributed by atoms with Crippen LogP contribution in [0.15, 0.2) is 46.2 Å². The molecule has 3 aromatic heterocycles. The molecular formula is C21H23F2N3O6S. The Morgan fingerprint density at radius 2 is 2.00 bits per heavy atom. The highest BCUT2D eigenvalue weighted by molar-refractivity contribution is 7.89. The molecule has 0 aliphatic rings. The van der Waals surface area contributed by atoms with Gasteiger partial charge in [-0.2, -0.15) is 12.8 Å². The van der Waals surface area contributed by atoms with Gasteiger partial charge in [0.2, 0.25) is 11.0 Å². The molecule has 0 saturated heterocycles. The topological polar surface area (TPSA) is 124 Å². The zero-order valence-electron chi connectivity index (χ0n) is 18.3. The van der Waals surface area contributed by atoms with Gasteiger partial charge < -0.3 is 19.6 Å². The van der Waals surface area contributed by atoms with E-state index in [1.807, 2.05) is 0 Å². The number of aliphatic hydroxyl groups is 1. The average molecular weight is 483 g/mol. The van der Waals surface area contributed by atoms with E-state index in [1.54, 1.807) is 20.8 Å². The number of ether oxygens (including phenoxy) is 1. The van der Waals surface area contributed by atoms with Crippen molar-refractivity contribution in [2.75, 3.05) is 7.05 Å². The third-order valence-corrected chi connectivity index (χ3v) is 6.29. The minimum atomic E-state index is -4.59. The summed E-state index contributed by atoms with van der Waals surface area (Å²) in [5, 5.41) is 10.9. The molecule has 0 spiro atoms. The smallest absolute Gasteiger partial charge is 0.407 e. The zero-order valence-corrected chi connectivity index (χ0v) is 19.1. The van der Waals surface area contributed by atoms with Gasteiger partial charge in [0.25, 0.3) is 0 Å². The minimum Gasteiger partial charge on any atom is -0.445 e. The molecule has 2 N–H and O–H groups in total. The first-order valence-corrected chi connectivity index (χ1v) is 11.2. The second-order valence-corrected chi connectivity index (χ2v) is 9.92. The van der Waals surface area contributed by atoms with Crippen LogP contribution in [0.1, 0.15) is 38.2 Å². The Balaban J connectivity index is 2.33. The Kier molecular flexibility index (Phi) is 6.61. The van der Waals surface area contributed by atoms with Crippen molar-refractivity contribution in [2.24, 2.45) is 5.41 Å². The van der Waals surface area contributed by atoms with Gasteiger partial charge in [0.05, 0.1) is 5.56 Å². The van der Waals surface area contributed by atoms with Crippen LogP contribution in [-0.4, -0.2) is 35.6 Å². The number of carbonyl (C=O) groups is 1. The molecular weight excluding hydrogens is 460 g/mol. The van der Waals surface area contributed by atoms with Crippen LogP contribution in [-0.2, 0) is 21.4 Å². The predicted octanol–water partition coefficient (Wildman–Crippen LogP) is 3.59. The fraction of sp³-hybridized carbons (Fsp3) is 0.333. The number of rotatable bonds is 6. The monoisotopic (exact) mass is 483 g/mol. The first kappa shape index (κ1) is 24.4. The quantitative estimate of drug-likeness (QED) is 0.514. The number of alkyl carbamates (subject to hydrolysis) is 1. The number of amides is 1. The van der Waals surface area contributed by atoms with Gasteiger partial charge in [-0.1, -0.05) is 20.8 Å². The Morgan fingerprint density at radius 3 is 2.55 bits per heavy atom. The molecule has 0 bridgehead atoms. The Hall–Kier alpha value is -3.25. The number of halogens is 2. The molecule has 0 fully saturated rings. The van der Waals surface area contributed by atoms with Crippen molar-refractivity contribution in [3.8, 4) is 11.3 Å². The molecule has 178 valence electrons. The number of nitrogens with zero attached hydrogens (tertiary/aromatic N) is 2. The van der Waals surface area contributed by atoms with Gasteiger partial charge in [0.15, 0.2) is 5.82 Å². The van der Waals surface area contributed by atoms with Crippen LogP contribution < -0.4 is 5.32 Å². The molecule has 3 heterocycles. The molecule has 1 unspecified atom stereocenters.